The highest BCUT2D eigenvalue weighted by molar-refractivity contribution is 7.47. The predicted molar refractivity (Wildman–Crippen MR) is 441 cm³/mol. The van der Waals surface area contributed by atoms with Gasteiger partial charge in [-0.25, -0.2) is 9.13 Å². The summed E-state index contributed by atoms with van der Waals surface area (Å²) in [6.07, 6.45) is 58.9. The Morgan fingerprint density at radius 3 is 0.807 bits per heavy atom. The molecule has 0 heterocycles. The van der Waals surface area contributed by atoms with Crippen LogP contribution in [0.15, 0.2) is 0 Å². The van der Waals surface area contributed by atoms with Crippen LogP contribution in [0.25, 0.3) is 0 Å². The molecule has 4 unspecified atom stereocenters. The number of carbonyl (C=O) groups is 6. The third-order valence-electron chi connectivity index (χ3n) is 19.9. The predicted octanol–water partition coefficient (Wildman–Crippen LogP) is 21.4. The number of hydrogen-bond acceptors (Lipinski definition) is 16. The molecule has 0 fully saturated rings. The molecule has 0 aromatic carbocycles. The van der Waals surface area contributed by atoms with Gasteiger partial charge in [-0.1, -0.05) is 324 Å². The van der Waals surface area contributed by atoms with Crippen LogP contribution >= 0.6 is 15.6 Å². The van der Waals surface area contributed by atoms with Crippen LogP contribution in [-0.4, -0.2) is 136 Å². The summed E-state index contributed by atoms with van der Waals surface area (Å²) in [5, 5.41) is 10.7. The molecule has 0 radical (unpaired) electrons. The molecular formula is C85H166N4O18P2. The topological polar surface area (TPSA) is 299 Å². The second-order valence-electron chi connectivity index (χ2n) is 30.7. The maximum Gasteiger partial charge on any atom is 0.472 e. The molecule has 6 N–H and O–H groups in total. The monoisotopic (exact) mass is 1590 g/mol. The summed E-state index contributed by atoms with van der Waals surface area (Å²) >= 11 is 0. The standard InChI is InChI=1S/C85H166N4O18P2/c1-7-13-19-25-29-33-35-39-41-47-53-59-80(90)88-76(72-100-67-63-78(57-51-45-23-17-11-5)106-84(94)61-55-49-43-37-31-27-21-15-9-3)74-104-108(96,97)102-69-65-86-82(92)71-83(93)87-66-70-103-109(98,99)105-75-77(89-81(91)60-54-48-42-40-36-34-30-26-20-14-8-2)73-101-68-64-79(58-52-46-24-18-12-6)107-85(95)62-56-50-44-38-32-28-22-16-10-4/h76-79H,7-75H2,1-6H3,(H,86,92)(H,87,93)(H,88,90)(H,89,91)(H,96,97)(H,98,99)/t76?,77?,78-,79-/m1/s1. The van der Waals surface area contributed by atoms with Crippen LogP contribution in [0.2, 0.25) is 0 Å². The Balaban J connectivity index is 5.52. The summed E-state index contributed by atoms with van der Waals surface area (Å²) in [5.41, 5.74) is 0. The van der Waals surface area contributed by atoms with Crippen LogP contribution in [0.3, 0.4) is 0 Å². The Hall–Kier alpha value is -3.04. The molecule has 0 aliphatic carbocycles. The largest absolute Gasteiger partial charge is 0.472 e. The fourth-order valence-electron chi connectivity index (χ4n) is 13.2. The van der Waals surface area contributed by atoms with Gasteiger partial charge in [0.15, 0.2) is 0 Å². The zero-order valence-corrected chi connectivity index (χ0v) is 72.2. The van der Waals surface area contributed by atoms with E-state index < -0.39 is 72.4 Å². The molecule has 4 amide bonds. The zero-order chi connectivity index (χ0) is 80.0. The van der Waals surface area contributed by atoms with Gasteiger partial charge in [0, 0.05) is 51.6 Å². The van der Waals surface area contributed by atoms with Crippen LogP contribution in [0, 0.1) is 0 Å². The van der Waals surface area contributed by atoms with Crippen molar-refractivity contribution in [3.05, 3.63) is 0 Å². The third-order valence-corrected chi connectivity index (χ3v) is 21.9. The molecule has 0 aromatic heterocycles. The maximum absolute atomic E-state index is 13.3. The van der Waals surface area contributed by atoms with Crippen molar-refractivity contribution in [2.24, 2.45) is 0 Å². The Bertz CT molecular complexity index is 2080. The number of hydrogen-bond donors (Lipinski definition) is 6. The number of rotatable bonds is 86. The first-order valence-corrected chi connectivity index (χ1v) is 47.8. The number of nitrogens with one attached hydrogen (secondary N) is 4. The molecule has 0 rings (SSSR count). The van der Waals surface area contributed by atoms with Crippen LogP contribution in [0.1, 0.15) is 420 Å². The van der Waals surface area contributed by atoms with Crippen LogP contribution < -0.4 is 21.3 Å². The van der Waals surface area contributed by atoms with E-state index in [2.05, 4.69) is 62.8 Å². The van der Waals surface area contributed by atoms with Gasteiger partial charge in [-0.05, 0) is 51.4 Å². The molecule has 644 valence electrons. The highest BCUT2D eigenvalue weighted by Crippen LogP contribution is 2.44. The van der Waals surface area contributed by atoms with Gasteiger partial charge in [0.25, 0.3) is 0 Å². The second-order valence-corrected chi connectivity index (χ2v) is 33.6. The molecule has 109 heavy (non-hydrogen) atoms. The molecule has 0 aliphatic rings. The fraction of sp³-hybridized carbons (Fsp3) is 0.929. The SMILES string of the molecule is CCCCCCCCCCCCCC(=O)NC(COCC[C@@H](CCCCCCC)OC(=O)CCCCCCCCCCC)COP(=O)(O)OCCNC(=O)CC(=O)NCCOP(=O)(O)OCC(COCC[C@@H](CCCCCCC)OC(=O)CCCCCCCCCCC)NC(=O)CCCCCCCCCCCCC. The van der Waals surface area contributed by atoms with E-state index in [0.717, 1.165) is 141 Å². The number of phosphoric acid groups is 2. The number of ether oxygens (including phenoxy) is 4. The van der Waals surface area contributed by atoms with Crippen LogP contribution in [0.5, 0.6) is 0 Å². The van der Waals surface area contributed by atoms with E-state index in [9.17, 15) is 47.7 Å². The van der Waals surface area contributed by atoms with Crippen LogP contribution in [-0.2, 0) is 74.9 Å². The average Bonchev–Trinajstić information content (AvgIpc) is 0.927. The molecule has 0 aliphatic heterocycles. The van der Waals surface area contributed by atoms with E-state index >= 15 is 0 Å². The van der Waals surface area contributed by atoms with Crippen molar-refractivity contribution >= 4 is 51.2 Å². The molecular weight excluding hydrogens is 1430 g/mol. The lowest BCUT2D eigenvalue weighted by Gasteiger charge is -2.22. The van der Waals surface area contributed by atoms with E-state index in [1.807, 2.05) is 0 Å². The highest BCUT2D eigenvalue weighted by atomic mass is 31.2. The first-order chi connectivity index (χ1) is 52.9. The van der Waals surface area contributed by atoms with Crippen LogP contribution in [0.4, 0.5) is 0 Å². The first kappa shape index (κ1) is 106. The van der Waals surface area contributed by atoms with E-state index in [1.54, 1.807) is 0 Å². The first-order valence-electron chi connectivity index (χ1n) is 44.8. The lowest BCUT2D eigenvalue weighted by atomic mass is 10.1. The average molecular weight is 1590 g/mol. The van der Waals surface area contributed by atoms with Gasteiger partial charge in [-0.2, -0.15) is 0 Å². The third kappa shape index (κ3) is 76.0. The second kappa shape index (κ2) is 78.8. The van der Waals surface area contributed by atoms with Crippen molar-refractivity contribution < 1.29 is 84.7 Å². The normalized spacial score (nSPS) is 13.8. The molecule has 0 saturated heterocycles. The van der Waals surface area contributed by atoms with E-state index in [4.69, 9.17) is 37.0 Å². The Labute approximate surface area is 664 Å². The van der Waals surface area contributed by atoms with E-state index in [0.29, 0.717) is 51.4 Å². The molecule has 6 atom stereocenters. The Morgan fingerprint density at radius 2 is 0.532 bits per heavy atom. The number of unbranched alkanes of at least 4 members (excludes halogenated alkanes) is 44. The van der Waals surface area contributed by atoms with Gasteiger partial charge in [0.2, 0.25) is 23.6 Å². The summed E-state index contributed by atoms with van der Waals surface area (Å²) in [6, 6.07) is -1.64. The van der Waals surface area contributed by atoms with Gasteiger partial charge >= 0.3 is 27.6 Å². The Morgan fingerprint density at radius 1 is 0.284 bits per heavy atom. The maximum atomic E-state index is 13.3. The van der Waals surface area contributed by atoms with Gasteiger partial charge in [-0.3, -0.25) is 46.9 Å². The lowest BCUT2D eigenvalue weighted by molar-refractivity contribution is -0.151. The minimum Gasteiger partial charge on any atom is -0.462 e. The van der Waals surface area contributed by atoms with Crippen molar-refractivity contribution in [1.82, 2.24) is 21.3 Å². The van der Waals surface area contributed by atoms with Crippen molar-refractivity contribution in [3.8, 4) is 0 Å². The Kier molecular flexibility index (Phi) is 76.6. The lowest BCUT2D eigenvalue weighted by Crippen LogP contribution is -2.41. The summed E-state index contributed by atoms with van der Waals surface area (Å²) in [4.78, 5) is 99.5. The smallest absolute Gasteiger partial charge is 0.462 e. The summed E-state index contributed by atoms with van der Waals surface area (Å²) < 4.78 is 71.5. The van der Waals surface area contributed by atoms with Crippen molar-refractivity contribution in [2.45, 2.75) is 445 Å². The number of amides is 4. The minimum atomic E-state index is -4.73. The van der Waals surface area contributed by atoms with Crippen molar-refractivity contribution in [2.75, 3.05) is 65.9 Å². The van der Waals surface area contributed by atoms with Gasteiger partial charge in [0.1, 0.15) is 18.6 Å². The number of carbonyl (C=O) groups excluding carboxylic acids is 6. The van der Waals surface area contributed by atoms with Gasteiger partial charge in [-0.15, -0.1) is 0 Å². The van der Waals surface area contributed by atoms with E-state index in [1.165, 1.54) is 167 Å². The quantitative estimate of drug-likeness (QED) is 0.0143. The van der Waals surface area contributed by atoms with Gasteiger partial charge < -0.3 is 50.0 Å². The summed E-state index contributed by atoms with van der Waals surface area (Å²) in [5.74, 6) is -2.36. The summed E-state index contributed by atoms with van der Waals surface area (Å²) in [7, 11) is -9.46. The molecule has 0 bridgehead atoms. The zero-order valence-electron chi connectivity index (χ0n) is 70.4. The number of esters is 2. The van der Waals surface area contributed by atoms with E-state index in [-0.39, 0.29) is 88.3 Å². The highest BCUT2D eigenvalue weighted by Gasteiger charge is 2.27. The molecule has 24 heteroatoms. The minimum absolute atomic E-state index is 0.0448. The summed E-state index contributed by atoms with van der Waals surface area (Å²) in [6.45, 7) is 11.3. The molecule has 22 nitrogen and oxygen atoms in total. The molecule has 0 spiro atoms. The van der Waals surface area contributed by atoms with Gasteiger partial charge in [0.05, 0.1) is 64.9 Å². The fourth-order valence-corrected chi connectivity index (χ4v) is 14.7. The van der Waals surface area contributed by atoms with Crippen molar-refractivity contribution in [3.63, 3.8) is 0 Å². The number of phosphoric ester groups is 2. The molecule has 0 saturated carbocycles. The molecule has 0 aromatic rings. The van der Waals surface area contributed by atoms with Crippen molar-refractivity contribution in [1.29, 1.82) is 0 Å².